The maximum Gasteiger partial charge on any atom is 0.145 e. The SMILES string of the molecule is CC(C)(C)Nc1cc(NN)nc(C(C)(C)C)n1. The minimum absolute atomic E-state index is 0.0463. The molecule has 5 heteroatoms. The molecule has 17 heavy (non-hydrogen) atoms. The van der Waals surface area contributed by atoms with Crippen LogP contribution in [0.2, 0.25) is 0 Å². The van der Waals surface area contributed by atoms with Crippen molar-refractivity contribution < 1.29 is 0 Å². The molecule has 1 aromatic heterocycles. The molecule has 1 aromatic rings. The Morgan fingerprint density at radius 2 is 1.53 bits per heavy atom. The van der Waals surface area contributed by atoms with Gasteiger partial charge in [-0.1, -0.05) is 20.8 Å². The van der Waals surface area contributed by atoms with Crippen LogP contribution in [0, 0.1) is 0 Å². The molecule has 96 valence electrons. The molecule has 0 aliphatic heterocycles. The average molecular weight is 237 g/mol. The van der Waals surface area contributed by atoms with E-state index < -0.39 is 0 Å². The number of nitrogens with one attached hydrogen (secondary N) is 2. The quantitative estimate of drug-likeness (QED) is 0.543. The van der Waals surface area contributed by atoms with Crippen LogP contribution in [0.5, 0.6) is 0 Å². The van der Waals surface area contributed by atoms with E-state index in [0.29, 0.717) is 5.82 Å². The Morgan fingerprint density at radius 1 is 1.00 bits per heavy atom. The zero-order valence-corrected chi connectivity index (χ0v) is 11.5. The molecule has 0 radical (unpaired) electrons. The van der Waals surface area contributed by atoms with Gasteiger partial charge in [-0.25, -0.2) is 15.8 Å². The zero-order chi connectivity index (χ0) is 13.3. The summed E-state index contributed by atoms with van der Waals surface area (Å²) in [5, 5.41) is 3.32. The molecule has 0 fully saturated rings. The van der Waals surface area contributed by atoms with Crippen LogP contribution < -0.4 is 16.6 Å². The van der Waals surface area contributed by atoms with Gasteiger partial charge in [0.15, 0.2) is 0 Å². The van der Waals surface area contributed by atoms with Gasteiger partial charge in [0.1, 0.15) is 17.5 Å². The molecule has 0 aliphatic carbocycles. The van der Waals surface area contributed by atoms with E-state index in [1.165, 1.54) is 0 Å². The second-order valence-corrected chi connectivity index (χ2v) is 6.23. The summed E-state index contributed by atoms with van der Waals surface area (Å²) >= 11 is 0. The van der Waals surface area contributed by atoms with Gasteiger partial charge in [-0.3, -0.25) is 0 Å². The maximum absolute atomic E-state index is 5.43. The molecule has 0 atom stereocenters. The molecule has 0 aliphatic rings. The lowest BCUT2D eigenvalue weighted by atomic mass is 9.95. The molecular weight excluding hydrogens is 214 g/mol. The van der Waals surface area contributed by atoms with Gasteiger partial charge in [-0.15, -0.1) is 0 Å². The number of hydrazine groups is 1. The number of nitrogen functional groups attached to an aromatic ring is 1. The minimum atomic E-state index is -0.110. The van der Waals surface area contributed by atoms with Crippen LogP contribution in [0.3, 0.4) is 0 Å². The van der Waals surface area contributed by atoms with Crippen LogP contribution in [0.15, 0.2) is 6.07 Å². The Balaban J connectivity index is 3.15. The predicted octanol–water partition coefficient (Wildman–Crippen LogP) is 2.27. The van der Waals surface area contributed by atoms with E-state index in [0.717, 1.165) is 11.6 Å². The van der Waals surface area contributed by atoms with Gasteiger partial charge in [0.2, 0.25) is 0 Å². The normalized spacial score (nSPS) is 12.4. The molecule has 0 spiro atoms. The van der Waals surface area contributed by atoms with Crippen LogP contribution >= 0.6 is 0 Å². The third-order valence-electron chi connectivity index (χ3n) is 2.05. The van der Waals surface area contributed by atoms with E-state index in [2.05, 4.69) is 62.3 Å². The summed E-state index contributed by atoms with van der Waals surface area (Å²) in [6.07, 6.45) is 0. The Morgan fingerprint density at radius 3 is 1.94 bits per heavy atom. The largest absolute Gasteiger partial charge is 0.365 e. The van der Waals surface area contributed by atoms with Crippen molar-refractivity contribution in [2.45, 2.75) is 52.5 Å². The number of hydrogen-bond donors (Lipinski definition) is 3. The predicted molar refractivity (Wildman–Crippen MR) is 71.9 cm³/mol. The highest BCUT2D eigenvalue weighted by Crippen LogP contribution is 2.23. The van der Waals surface area contributed by atoms with Crippen LogP contribution in [0.1, 0.15) is 47.4 Å². The smallest absolute Gasteiger partial charge is 0.145 e. The van der Waals surface area contributed by atoms with Crippen molar-refractivity contribution in [2.24, 2.45) is 5.84 Å². The topological polar surface area (TPSA) is 75.9 Å². The Labute approximate surface area is 103 Å². The molecule has 1 rings (SSSR count). The lowest BCUT2D eigenvalue weighted by Gasteiger charge is -2.24. The molecule has 0 amide bonds. The van der Waals surface area contributed by atoms with Crippen LogP contribution in [-0.4, -0.2) is 15.5 Å². The van der Waals surface area contributed by atoms with Crippen molar-refractivity contribution in [3.63, 3.8) is 0 Å². The average Bonchev–Trinajstić information content (AvgIpc) is 2.13. The summed E-state index contributed by atoms with van der Waals surface area (Å²) in [6.45, 7) is 12.5. The summed E-state index contributed by atoms with van der Waals surface area (Å²) in [4.78, 5) is 8.89. The number of nitrogens with zero attached hydrogens (tertiary/aromatic N) is 2. The van der Waals surface area contributed by atoms with Crippen molar-refractivity contribution in [3.05, 3.63) is 11.9 Å². The fourth-order valence-corrected chi connectivity index (χ4v) is 1.30. The highest BCUT2D eigenvalue weighted by molar-refractivity contribution is 5.48. The van der Waals surface area contributed by atoms with Crippen molar-refractivity contribution in [2.75, 3.05) is 10.7 Å². The highest BCUT2D eigenvalue weighted by Gasteiger charge is 2.20. The van der Waals surface area contributed by atoms with E-state index in [9.17, 15) is 0 Å². The molecule has 4 N–H and O–H groups in total. The van der Waals surface area contributed by atoms with E-state index in [1.54, 1.807) is 6.07 Å². The first-order chi connectivity index (χ1) is 7.62. The molecule has 0 unspecified atom stereocenters. The van der Waals surface area contributed by atoms with Gasteiger partial charge in [0.05, 0.1) is 0 Å². The standard InChI is InChI=1S/C12H23N5/c1-11(2,3)10-14-8(16-12(4,5)6)7-9(15-10)17-13/h7H,13H2,1-6H3,(H2,14,15,16,17). The van der Waals surface area contributed by atoms with Crippen molar-refractivity contribution in [3.8, 4) is 0 Å². The van der Waals surface area contributed by atoms with Crippen molar-refractivity contribution in [1.29, 1.82) is 0 Å². The maximum atomic E-state index is 5.43. The first-order valence-corrected chi connectivity index (χ1v) is 5.76. The number of rotatable bonds is 2. The number of hydrogen-bond acceptors (Lipinski definition) is 5. The molecule has 1 heterocycles. The fourth-order valence-electron chi connectivity index (χ4n) is 1.30. The Kier molecular flexibility index (Phi) is 3.62. The van der Waals surface area contributed by atoms with Gasteiger partial charge in [-0.2, -0.15) is 0 Å². The zero-order valence-electron chi connectivity index (χ0n) is 11.5. The van der Waals surface area contributed by atoms with E-state index in [1.807, 2.05) is 0 Å². The molecule has 0 aromatic carbocycles. The highest BCUT2D eigenvalue weighted by atomic mass is 15.3. The second-order valence-electron chi connectivity index (χ2n) is 6.23. The Hall–Kier alpha value is -1.36. The van der Waals surface area contributed by atoms with Gasteiger partial charge in [-0.05, 0) is 20.8 Å². The summed E-state index contributed by atoms with van der Waals surface area (Å²) in [5.41, 5.74) is 2.42. The van der Waals surface area contributed by atoms with E-state index in [4.69, 9.17) is 5.84 Å². The minimum Gasteiger partial charge on any atom is -0.365 e. The van der Waals surface area contributed by atoms with E-state index >= 15 is 0 Å². The van der Waals surface area contributed by atoms with Crippen LogP contribution in [0.25, 0.3) is 0 Å². The molecule has 0 saturated heterocycles. The first kappa shape index (κ1) is 13.7. The first-order valence-electron chi connectivity index (χ1n) is 5.76. The molecular formula is C12H23N5. The molecule has 5 nitrogen and oxygen atoms in total. The molecule has 0 saturated carbocycles. The van der Waals surface area contributed by atoms with Gasteiger partial charge in [0, 0.05) is 17.0 Å². The lowest BCUT2D eigenvalue weighted by Crippen LogP contribution is -2.28. The Bertz CT molecular complexity index is 387. The summed E-state index contributed by atoms with van der Waals surface area (Å²) in [5.74, 6) is 7.59. The van der Waals surface area contributed by atoms with Crippen molar-refractivity contribution in [1.82, 2.24) is 9.97 Å². The van der Waals surface area contributed by atoms with Crippen molar-refractivity contribution >= 4 is 11.6 Å². The summed E-state index contributed by atoms with van der Waals surface area (Å²) in [7, 11) is 0. The fraction of sp³-hybridized carbons (Fsp3) is 0.667. The number of nitrogens with two attached hydrogens (primary N) is 1. The molecule has 0 bridgehead atoms. The lowest BCUT2D eigenvalue weighted by molar-refractivity contribution is 0.544. The second kappa shape index (κ2) is 4.49. The van der Waals surface area contributed by atoms with E-state index in [-0.39, 0.29) is 11.0 Å². The monoisotopic (exact) mass is 237 g/mol. The summed E-state index contributed by atoms with van der Waals surface area (Å²) < 4.78 is 0. The summed E-state index contributed by atoms with van der Waals surface area (Å²) in [6, 6.07) is 1.81. The third-order valence-corrected chi connectivity index (χ3v) is 2.05. The van der Waals surface area contributed by atoms with Gasteiger partial charge in [0.25, 0.3) is 0 Å². The number of aromatic nitrogens is 2. The van der Waals surface area contributed by atoms with Crippen LogP contribution in [-0.2, 0) is 5.41 Å². The van der Waals surface area contributed by atoms with Gasteiger partial charge < -0.3 is 10.7 Å². The van der Waals surface area contributed by atoms with Crippen LogP contribution in [0.4, 0.5) is 11.6 Å². The third kappa shape index (κ3) is 4.19. The number of anilines is 2. The van der Waals surface area contributed by atoms with Gasteiger partial charge >= 0.3 is 0 Å².